The summed E-state index contributed by atoms with van der Waals surface area (Å²) in [5.41, 5.74) is 3.30. The van der Waals surface area contributed by atoms with Crippen molar-refractivity contribution in [3.8, 4) is 11.5 Å². The van der Waals surface area contributed by atoms with Crippen molar-refractivity contribution in [3.63, 3.8) is 0 Å². The number of benzene rings is 2. The molecule has 1 heterocycles. The molecule has 6 heteroatoms. The van der Waals surface area contributed by atoms with Crippen LogP contribution in [0.3, 0.4) is 0 Å². The molecule has 4 nitrogen and oxygen atoms in total. The Balaban J connectivity index is 1.80. The van der Waals surface area contributed by atoms with E-state index in [0.29, 0.717) is 17.4 Å². The maximum Gasteiger partial charge on any atom is 0.174 e. The molecule has 0 aliphatic heterocycles. The second-order valence-electron chi connectivity index (χ2n) is 6.42. The molecule has 0 aliphatic rings. The topological polar surface area (TPSA) is 33.7 Å². The lowest BCUT2D eigenvalue weighted by Gasteiger charge is -2.26. The zero-order valence-corrected chi connectivity index (χ0v) is 17.9. The lowest BCUT2D eigenvalue weighted by Crippen LogP contribution is -2.33. The number of hydrogen-bond acceptors (Lipinski definition) is 4. The summed E-state index contributed by atoms with van der Waals surface area (Å²) in [5.74, 6) is 1.44. The van der Waals surface area contributed by atoms with Crippen LogP contribution in [0, 0.1) is 6.92 Å². The molecule has 3 aromatic rings. The van der Waals surface area contributed by atoms with Gasteiger partial charge in [0.25, 0.3) is 0 Å². The number of aryl methyl sites for hydroxylation is 1. The smallest absolute Gasteiger partial charge is 0.174 e. The minimum Gasteiger partial charge on any atom is -0.493 e. The third-order valence-corrected chi connectivity index (χ3v) is 5.56. The number of thiocarbonyl (C=S) groups is 1. The average Bonchev–Trinajstić information content (AvgIpc) is 3.22. The van der Waals surface area contributed by atoms with E-state index in [2.05, 4.69) is 46.8 Å². The van der Waals surface area contributed by atoms with Gasteiger partial charge in [0.1, 0.15) is 0 Å². The van der Waals surface area contributed by atoms with E-state index in [1.54, 1.807) is 25.6 Å². The van der Waals surface area contributed by atoms with Gasteiger partial charge in [0.15, 0.2) is 16.6 Å². The molecule has 0 saturated heterocycles. The Morgan fingerprint density at radius 3 is 2.39 bits per heavy atom. The van der Waals surface area contributed by atoms with E-state index in [1.807, 2.05) is 30.3 Å². The number of thiophene rings is 1. The zero-order chi connectivity index (χ0) is 19.9. The highest BCUT2D eigenvalue weighted by Gasteiger charge is 2.14. The second-order valence-corrected chi connectivity index (χ2v) is 7.84. The number of nitrogens with one attached hydrogen (secondary N) is 1. The Bertz CT molecular complexity index is 909. The lowest BCUT2D eigenvalue weighted by molar-refractivity contribution is 0.353. The van der Waals surface area contributed by atoms with Crippen LogP contribution in [0.4, 0.5) is 5.69 Å². The van der Waals surface area contributed by atoms with Crippen LogP contribution in [0.25, 0.3) is 0 Å². The van der Waals surface area contributed by atoms with E-state index >= 15 is 0 Å². The molecule has 1 N–H and O–H groups in total. The summed E-state index contributed by atoms with van der Waals surface area (Å²) in [6.07, 6.45) is 0. The Hall–Kier alpha value is -2.57. The molecule has 0 saturated carbocycles. The fraction of sp³-hybridized carbons (Fsp3) is 0.227. The van der Waals surface area contributed by atoms with Gasteiger partial charge in [-0.1, -0.05) is 29.8 Å². The van der Waals surface area contributed by atoms with Crippen LogP contribution in [0.15, 0.2) is 60.0 Å². The predicted molar refractivity (Wildman–Crippen MR) is 121 cm³/mol. The SMILES string of the molecule is COc1ccc(CN(Cc2cccs2)C(=S)Nc2ccc(C)cc2)cc1OC. The van der Waals surface area contributed by atoms with Gasteiger partial charge >= 0.3 is 0 Å². The Morgan fingerprint density at radius 1 is 1.00 bits per heavy atom. The highest BCUT2D eigenvalue weighted by Crippen LogP contribution is 2.28. The summed E-state index contributed by atoms with van der Waals surface area (Å²) in [4.78, 5) is 3.41. The van der Waals surface area contributed by atoms with Gasteiger partial charge in [-0.3, -0.25) is 0 Å². The van der Waals surface area contributed by atoms with Crippen LogP contribution in [0.5, 0.6) is 11.5 Å². The van der Waals surface area contributed by atoms with Gasteiger partial charge in [0.05, 0.1) is 20.8 Å². The van der Waals surface area contributed by atoms with Crippen molar-refractivity contribution in [3.05, 3.63) is 76.0 Å². The zero-order valence-electron chi connectivity index (χ0n) is 16.3. The molecule has 0 aliphatic carbocycles. The molecule has 1 aromatic heterocycles. The van der Waals surface area contributed by atoms with E-state index in [0.717, 1.165) is 23.5 Å². The molecule has 0 atom stereocenters. The molecule has 0 radical (unpaired) electrons. The monoisotopic (exact) mass is 412 g/mol. The van der Waals surface area contributed by atoms with E-state index in [9.17, 15) is 0 Å². The fourth-order valence-electron chi connectivity index (χ4n) is 2.83. The van der Waals surface area contributed by atoms with E-state index in [-0.39, 0.29) is 0 Å². The molecule has 28 heavy (non-hydrogen) atoms. The summed E-state index contributed by atoms with van der Waals surface area (Å²) in [6, 6.07) is 18.4. The van der Waals surface area contributed by atoms with E-state index in [1.165, 1.54) is 10.4 Å². The van der Waals surface area contributed by atoms with Crippen LogP contribution in [-0.2, 0) is 13.1 Å². The van der Waals surface area contributed by atoms with Crippen LogP contribution in [-0.4, -0.2) is 24.2 Å². The molecule has 0 unspecified atom stereocenters. The summed E-state index contributed by atoms with van der Waals surface area (Å²) >= 11 is 7.46. The van der Waals surface area contributed by atoms with E-state index in [4.69, 9.17) is 21.7 Å². The first kappa shape index (κ1) is 20.2. The molecule has 0 spiro atoms. The third kappa shape index (κ3) is 5.24. The van der Waals surface area contributed by atoms with Crippen molar-refractivity contribution in [2.45, 2.75) is 20.0 Å². The standard InChI is InChI=1S/C22H24N2O2S2/c1-16-6-9-18(10-7-16)23-22(27)24(15-19-5-4-12-28-19)14-17-8-11-20(25-2)21(13-17)26-3/h4-13H,14-15H2,1-3H3,(H,23,27). The van der Waals surface area contributed by atoms with Gasteiger partial charge < -0.3 is 19.7 Å². The maximum absolute atomic E-state index is 5.74. The first-order chi connectivity index (χ1) is 13.6. The van der Waals surface area contributed by atoms with Crippen molar-refractivity contribution < 1.29 is 9.47 Å². The molecule has 0 fully saturated rings. The van der Waals surface area contributed by atoms with Gasteiger partial charge in [-0.2, -0.15) is 0 Å². The molecule has 0 amide bonds. The number of anilines is 1. The van der Waals surface area contributed by atoms with Gasteiger partial charge in [0, 0.05) is 17.1 Å². The Labute approximate surface area is 175 Å². The second kappa shape index (κ2) is 9.57. The van der Waals surface area contributed by atoms with Crippen LogP contribution < -0.4 is 14.8 Å². The largest absolute Gasteiger partial charge is 0.493 e. The molecule has 3 rings (SSSR count). The summed E-state index contributed by atoms with van der Waals surface area (Å²) < 4.78 is 10.8. The molecular weight excluding hydrogens is 388 g/mol. The highest BCUT2D eigenvalue weighted by atomic mass is 32.1. The minimum atomic E-state index is 0.663. The van der Waals surface area contributed by atoms with Crippen molar-refractivity contribution >= 4 is 34.4 Å². The van der Waals surface area contributed by atoms with Crippen molar-refractivity contribution in [2.24, 2.45) is 0 Å². The minimum absolute atomic E-state index is 0.663. The molecule has 146 valence electrons. The third-order valence-electron chi connectivity index (χ3n) is 4.34. The Morgan fingerprint density at radius 2 is 1.75 bits per heavy atom. The van der Waals surface area contributed by atoms with Gasteiger partial charge in [0.2, 0.25) is 0 Å². The van der Waals surface area contributed by atoms with Gasteiger partial charge in [-0.05, 0) is 60.4 Å². The van der Waals surface area contributed by atoms with Crippen LogP contribution >= 0.6 is 23.6 Å². The molecule has 2 aromatic carbocycles. The average molecular weight is 413 g/mol. The normalized spacial score (nSPS) is 10.4. The Kier molecular flexibility index (Phi) is 6.90. The summed E-state index contributed by atoms with van der Waals surface area (Å²) in [5, 5.41) is 6.13. The number of rotatable bonds is 7. The van der Waals surface area contributed by atoms with Crippen molar-refractivity contribution in [1.29, 1.82) is 0 Å². The van der Waals surface area contributed by atoms with Crippen molar-refractivity contribution in [2.75, 3.05) is 19.5 Å². The highest BCUT2D eigenvalue weighted by molar-refractivity contribution is 7.80. The summed E-state index contributed by atoms with van der Waals surface area (Å²) in [6.45, 7) is 3.47. The van der Waals surface area contributed by atoms with E-state index < -0.39 is 0 Å². The number of methoxy groups -OCH3 is 2. The first-order valence-electron chi connectivity index (χ1n) is 8.95. The van der Waals surface area contributed by atoms with Crippen LogP contribution in [0.1, 0.15) is 16.0 Å². The predicted octanol–water partition coefficient (Wildman–Crippen LogP) is 5.47. The quantitative estimate of drug-likeness (QED) is 0.520. The molecular formula is C22H24N2O2S2. The first-order valence-corrected chi connectivity index (χ1v) is 10.2. The summed E-state index contributed by atoms with van der Waals surface area (Å²) in [7, 11) is 3.29. The number of ether oxygens (including phenoxy) is 2. The lowest BCUT2D eigenvalue weighted by atomic mass is 10.2. The maximum atomic E-state index is 5.74. The van der Waals surface area contributed by atoms with Crippen molar-refractivity contribution in [1.82, 2.24) is 4.90 Å². The van der Waals surface area contributed by atoms with Gasteiger partial charge in [-0.25, -0.2) is 0 Å². The van der Waals surface area contributed by atoms with Crippen LogP contribution in [0.2, 0.25) is 0 Å². The number of nitrogens with zero attached hydrogens (tertiary/aromatic N) is 1. The fourth-order valence-corrected chi connectivity index (χ4v) is 3.80. The molecule has 0 bridgehead atoms. The van der Waals surface area contributed by atoms with Gasteiger partial charge in [-0.15, -0.1) is 11.3 Å². The number of hydrogen-bond donors (Lipinski definition) is 1.